The van der Waals surface area contributed by atoms with Crippen LogP contribution in [-0.2, 0) is 22.5 Å². The summed E-state index contributed by atoms with van der Waals surface area (Å²) in [5.74, 6) is 0.461. The molecule has 1 unspecified atom stereocenters. The molecule has 1 heterocycles. The zero-order valence-electron chi connectivity index (χ0n) is 17.2. The number of benzene rings is 2. The van der Waals surface area contributed by atoms with Gasteiger partial charge in [0.1, 0.15) is 18.2 Å². The van der Waals surface area contributed by atoms with Gasteiger partial charge in [0.2, 0.25) is 0 Å². The molecule has 1 atom stereocenters. The summed E-state index contributed by atoms with van der Waals surface area (Å²) >= 11 is 0. The minimum atomic E-state index is -0.406. The van der Waals surface area contributed by atoms with Crippen LogP contribution in [-0.4, -0.2) is 19.0 Å². The van der Waals surface area contributed by atoms with Crippen LogP contribution in [0.1, 0.15) is 42.9 Å². The van der Waals surface area contributed by atoms with E-state index in [4.69, 9.17) is 14.2 Å². The van der Waals surface area contributed by atoms with Crippen molar-refractivity contribution in [2.75, 3.05) is 13.2 Å². The van der Waals surface area contributed by atoms with Gasteiger partial charge in [0.05, 0.1) is 13.2 Å². The molecule has 4 heteroatoms. The molecule has 2 aromatic carbocycles. The summed E-state index contributed by atoms with van der Waals surface area (Å²) in [4.78, 5) is 0. The maximum Gasteiger partial charge on any atom is 0.172 e. The highest BCUT2D eigenvalue weighted by Crippen LogP contribution is 2.38. The summed E-state index contributed by atoms with van der Waals surface area (Å²) in [6.45, 7) is 5.90. The van der Waals surface area contributed by atoms with Gasteiger partial charge >= 0.3 is 0 Å². The van der Waals surface area contributed by atoms with Crippen LogP contribution in [0.25, 0.3) is 0 Å². The predicted molar refractivity (Wildman–Crippen MR) is 111 cm³/mol. The van der Waals surface area contributed by atoms with Crippen LogP contribution in [0.3, 0.4) is 0 Å². The van der Waals surface area contributed by atoms with Crippen LogP contribution in [0, 0.1) is 18.7 Å². The van der Waals surface area contributed by atoms with Gasteiger partial charge in [0, 0.05) is 12.8 Å². The summed E-state index contributed by atoms with van der Waals surface area (Å²) in [6, 6.07) is 13.5. The molecule has 0 bridgehead atoms. The van der Waals surface area contributed by atoms with Gasteiger partial charge in [-0.2, -0.15) is 0 Å². The summed E-state index contributed by atoms with van der Waals surface area (Å²) in [5.41, 5.74) is 4.00. The quantitative estimate of drug-likeness (QED) is 0.582. The number of rotatable bonds is 6. The summed E-state index contributed by atoms with van der Waals surface area (Å²) in [5, 5.41) is 0. The first-order chi connectivity index (χ1) is 14.0. The second kappa shape index (κ2) is 8.68. The first-order valence-electron chi connectivity index (χ1n) is 10.5. The average molecular weight is 397 g/mol. The second-order valence-corrected chi connectivity index (χ2v) is 8.18. The highest BCUT2D eigenvalue weighted by molar-refractivity contribution is 5.38. The Morgan fingerprint density at radius 2 is 1.90 bits per heavy atom. The van der Waals surface area contributed by atoms with Crippen LogP contribution in [0.4, 0.5) is 4.39 Å². The third-order valence-electron chi connectivity index (χ3n) is 6.02. The van der Waals surface area contributed by atoms with Gasteiger partial charge < -0.3 is 14.2 Å². The maximum absolute atomic E-state index is 14.6. The van der Waals surface area contributed by atoms with E-state index in [0.29, 0.717) is 31.8 Å². The molecule has 2 aliphatic rings. The van der Waals surface area contributed by atoms with Crippen molar-refractivity contribution in [1.82, 2.24) is 0 Å². The zero-order chi connectivity index (χ0) is 20.3. The monoisotopic (exact) mass is 396 g/mol. The molecule has 3 nitrogen and oxygen atoms in total. The summed E-state index contributed by atoms with van der Waals surface area (Å²) in [7, 11) is 0. The standard InChI is InChI=1S/C25H29FO3/c1-18(21-8-10-25(11-9-21)28-12-13-29-25)14-22-16-24(19(2)15-23(22)26)27-17-20-6-4-3-5-7-20/h3-8,15-16,18H,9-14,17H2,1-2H3. The van der Waals surface area contributed by atoms with Gasteiger partial charge in [-0.25, -0.2) is 4.39 Å². The number of hydrogen-bond donors (Lipinski definition) is 0. The molecule has 2 aromatic rings. The lowest BCUT2D eigenvalue weighted by Gasteiger charge is -2.32. The molecular weight excluding hydrogens is 367 g/mol. The molecule has 0 N–H and O–H groups in total. The normalized spacial score (nSPS) is 19.2. The van der Waals surface area contributed by atoms with Crippen LogP contribution < -0.4 is 4.74 Å². The van der Waals surface area contributed by atoms with Crippen molar-refractivity contribution < 1.29 is 18.6 Å². The van der Waals surface area contributed by atoms with Crippen LogP contribution >= 0.6 is 0 Å². The van der Waals surface area contributed by atoms with Crippen molar-refractivity contribution in [3.63, 3.8) is 0 Å². The molecule has 0 radical (unpaired) electrons. The molecule has 4 rings (SSSR count). The van der Waals surface area contributed by atoms with Crippen molar-refractivity contribution in [2.45, 2.75) is 51.9 Å². The number of halogens is 1. The molecule has 1 aliphatic carbocycles. The summed E-state index contributed by atoms with van der Waals surface area (Å²) < 4.78 is 32.2. The van der Waals surface area contributed by atoms with Crippen LogP contribution in [0.15, 0.2) is 54.1 Å². The SMILES string of the molecule is Cc1cc(F)c(CC(C)C2=CCC3(CC2)OCCO3)cc1OCc1ccccc1. The lowest BCUT2D eigenvalue weighted by molar-refractivity contribution is -0.161. The van der Waals surface area contributed by atoms with Crippen LogP contribution in [0.5, 0.6) is 5.75 Å². The Morgan fingerprint density at radius 3 is 2.59 bits per heavy atom. The molecule has 29 heavy (non-hydrogen) atoms. The van der Waals surface area contributed by atoms with E-state index in [1.807, 2.05) is 43.3 Å². The topological polar surface area (TPSA) is 27.7 Å². The highest BCUT2D eigenvalue weighted by Gasteiger charge is 2.38. The number of aryl methyl sites for hydroxylation is 1. The third kappa shape index (κ3) is 4.71. The Morgan fingerprint density at radius 1 is 1.14 bits per heavy atom. The molecular formula is C25H29FO3. The molecule has 154 valence electrons. The largest absolute Gasteiger partial charge is 0.489 e. The van der Waals surface area contributed by atoms with Crippen molar-refractivity contribution in [1.29, 1.82) is 0 Å². The molecule has 1 aliphatic heterocycles. The smallest absolute Gasteiger partial charge is 0.172 e. The fourth-order valence-corrected chi connectivity index (χ4v) is 4.24. The van der Waals surface area contributed by atoms with E-state index in [2.05, 4.69) is 13.0 Å². The summed E-state index contributed by atoms with van der Waals surface area (Å²) in [6.07, 6.45) is 5.50. The van der Waals surface area contributed by atoms with E-state index in [1.54, 1.807) is 6.07 Å². The van der Waals surface area contributed by atoms with Gasteiger partial charge in [0.25, 0.3) is 0 Å². The van der Waals surface area contributed by atoms with Gasteiger partial charge in [-0.15, -0.1) is 0 Å². The van der Waals surface area contributed by atoms with E-state index in [9.17, 15) is 4.39 Å². The van der Waals surface area contributed by atoms with E-state index in [0.717, 1.165) is 36.1 Å². The van der Waals surface area contributed by atoms with Crippen LogP contribution in [0.2, 0.25) is 0 Å². The number of allylic oxidation sites excluding steroid dienone is 1. The Bertz CT molecular complexity index is 869. The van der Waals surface area contributed by atoms with E-state index >= 15 is 0 Å². The minimum absolute atomic E-state index is 0.156. The van der Waals surface area contributed by atoms with Gasteiger partial charge in [-0.05, 0) is 54.5 Å². The highest BCUT2D eigenvalue weighted by atomic mass is 19.1. The number of ether oxygens (including phenoxy) is 3. The van der Waals surface area contributed by atoms with Crippen molar-refractivity contribution in [2.24, 2.45) is 5.92 Å². The first kappa shape index (κ1) is 20.1. The maximum atomic E-state index is 14.6. The molecule has 0 aromatic heterocycles. The Labute approximate surface area is 172 Å². The van der Waals surface area contributed by atoms with E-state index in [-0.39, 0.29) is 11.7 Å². The predicted octanol–water partition coefficient (Wildman–Crippen LogP) is 5.75. The fourth-order valence-electron chi connectivity index (χ4n) is 4.24. The van der Waals surface area contributed by atoms with Gasteiger partial charge in [-0.1, -0.05) is 48.9 Å². The second-order valence-electron chi connectivity index (χ2n) is 8.18. The Balaban J connectivity index is 1.43. The molecule has 1 spiro atoms. The van der Waals surface area contributed by atoms with Gasteiger partial charge in [-0.3, -0.25) is 0 Å². The molecule has 0 saturated carbocycles. The Hall–Kier alpha value is -2.17. The van der Waals surface area contributed by atoms with Crippen molar-refractivity contribution >= 4 is 0 Å². The van der Waals surface area contributed by atoms with Crippen molar-refractivity contribution in [3.05, 3.63) is 76.6 Å². The van der Waals surface area contributed by atoms with Gasteiger partial charge in [0.15, 0.2) is 5.79 Å². The zero-order valence-corrected chi connectivity index (χ0v) is 17.2. The number of hydrogen-bond acceptors (Lipinski definition) is 3. The van der Waals surface area contributed by atoms with E-state index < -0.39 is 5.79 Å². The lowest BCUT2D eigenvalue weighted by atomic mass is 9.84. The minimum Gasteiger partial charge on any atom is -0.489 e. The first-order valence-corrected chi connectivity index (χ1v) is 10.5. The molecule has 1 saturated heterocycles. The molecule has 1 fully saturated rings. The average Bonchev–Trinajstić information content (AvgIpc) is 3.18. The third-order valence-corrected chi connectivity index (χ3v) is 6.02. The Kier molecular flexibility index (Phi) is 6.02. The van der Waals surface area contributed by atoms with E-state index in [1.165, 1.54) is 5.57 Å². The fraction of sp³-hybridized carbons (Fsp3) is 0.440. The van der Waals surface area contributed by atoms with Crippen molar-refractivity contribution in [3.8, 4) is 5.75 Å². The molecule has 0 amide bonds. The lowest BCUT2D eigenvalue weighted by Crippen LogP contribution is -2.32.